The van der Waals surface area contributed by atoms with Crippen LogP contribution < -0.4 is 5.73 Å². The summed E-state index contributed by atoms with van der Waals surface area (Å²) in [6.45, 7) is 5.52. The Hall–Kier alpha value is -1.44. The zero-order valence-electron chi connectivity index (χ0n) is 11.1. The van der Waals surface area contributed by atoms with Gasteiger partial charge in [-0.2, -0.15) is 5.10 Å². The van der Waals surface area contributed by atoms with E-state index >= 15 is 0 Å². The summed E-state index contributed by atoms with van der Waals surface area (Å²) < 4.78 is 12.7. The van der Waals surface area contributed by atoms with E-state index < -0.39 is 0 Å². The molecule has 0 spiro atoms. The Morgan fingerprint density at radius 1 is 1.37 bits per heavy atom. The summed E-state index contributed by atoms with van der Waals surface area (Å²) >= 11 is 1.53. The van der Waals surface area contributed by atoms with Crippen LogP contribution in [0, 0.1) is 0 Å². The second-order valence-electron chi connectivity index (χ2n) is 3.84. The largest absolute Gasteiger partial charge is 0.384 e. The van der Waals surface area contributed by atoms with E-state index in [1.807, 2.05) is 19.9 Å². The number of nitrogens with two attached hydrogens (primary N) is 1. The Bertz CT molecular complexity index is 492. The second kappa shape index (κ2) is 6.65. The maximum absolute atomic E-state index is 5.96. The van der Waals surface area contributed by atoms with Gasteiger partial charge in [0, 0.05) is 25.5 Å². The van der Waals surface area contributed by atoms with Crippen LogP contribution in [0.5, 0.6) is 0 Å². The highest BCUT2D eigenvalue weighted by Gasteiger charge is 2.14. The van der Waals surface area contributed by atoms with E-state index in [0.29, 0.717) is 25.6 Å². The summed E-state index contributed by atoms with van der Waals surface area (Å²) in [5.41, 5.74) is 8.56. The molecule has 2 aromatic heterocycles. The van der Waals surface area contributed by atoms with Crippen molar-refractivity contribution >= 4 is 17.2 Å². The lowest BCUT2D eigenvalue weighted by Gasteiger charge is -2.17. The number of hydrogen-bond donors (Lipinski definition) is 1. The van der Waals surface area contributed by atoms with Gasteiger partial charge in [-0.25, -0.2) is 4.68 Å². The minimum Gasteiger partial charge on any atom is -0.384 e. The number of thiazole rings is 1. The van der Waals surface area contributed by atoms with Gasteiger partial charge in [0.2, 0.25) is 0 Å². The molecular weight excluding hydrogens is 264 g/mol. The molecular formula is C12H18N4O2S. The molecule has 2 aromatic rings. The monoisotopic (exact) mass is 282 g/mol. The topological polar surface area (TPSA) is 75.2 Å². The fourth-order valence-electron chi connectivity index (χ4n) is 1.71. The SMILES string of the molecule is CCOC(Cn1nc(-c2cncs2)cc1N)OCC. The van der Waals surface area contributed by atoms with Crippen molar-refractivity contribution in [2.45, 2.75) is 26.7 Å². The predicted octanol–water partition coefficient (Wildman–Crippen LogP) is 1.99. The van der Waals surface area contributed by atoms with Crippen LogP contribution in [-0.4, -0.2) is 34.3 Å². The summed E-state index contributed by atoms with van der Waals surface area (Å²) in [5.74, 6) is 0.591. The first-order chi connectivity index (χ1) is 9.24. The summed E-state index contributed by atoms with van der Waals surface area (Å²) in [4.78, 5) is 5.03. The second-order valence-corrected chi connectivity index (χ2v) is 4.73. The number of aromatic nitrogens is 3. The molecule has 2 N–H and O–H groups in total. The molecule has 0 amide bonds. The molecule has 0 radical (unpaired) electrons. The lowest BCUT2D eigenvalue weighted by atomic mass is 10.4. The number of nitrogens with zero attached hydrogens (tertiary/aromatic N) is 3. The maximum atomic E-state index is 5.96. The molecule has 6 nitrogen and oxygen atoms in total. The predicted molar refractivity (Wildman–Crippen MR) is 74.8 cm³/mol. The van der Waals surface area contributed by atoms with Gasteiger partial charge in [-0.05, 0) is 13.8 Å². The molecule has 0 fully saturated rings. The smallest absolute Gasteiger partial charge is 0.177 e. The van der Waals surface area contributed by atoms with Crippen LogP contribution in [-0.2, 0) is 16.0 Å². The van der Waals surface area contributed by atoms with Crippen LogP contribution in [0.3, 0.4) is 0 Å². The summed E-state index contributed by atoms with van der Waals surface area (Å²) in [6.07, 6.45) is 1.45. The molecule has 19 heavy (non-hydrogen) atoms. The Morgan fingerprint density at radius 3 is 2.68 bits per heavy atom. The van der Waals surface area contributed by atoms with Gasteiger partial charge in [-0.1, -0.05) is 0 Å². The van der Waals surface area contributed by atoms with Gasteiger partial charge >= 0.3 is 0 Å². The lowest BCUT2D eigenvalue weighted by molar-refractivity contribution is -0.144. The highest BCUT2D eigenvalue weighted by Crippen LogP contribution is 2.23. The van der Waals surface area contributed by atoms with Crippen LogP contribution in [0.15, 0.2) is 17.8 Å². The first-order valence-corrected chi connectivity index (χ1v) is 7.08. The molecule has 2 heterocycles. The number of ether oxygens (including phenoxy) is 2. The average Bonchev–Trinajstić information content (AvgIpc) is 3.00. The Kier molecular flexibility index (Phi) is 4.89. The van der Waals surface area contributed by atoms with Gasteiger partial charge in [0.25, 0.3) is 0 Å². The first kappa shape index (κ1) is 14.0. The molecule has 0 aliphatic rings. The zero-order valence-corrected chi connectivity index (χ0v) is 11.9. The van der Waals surface area contributed by atoms with Crippen LogP contribution in [0.25, 0.3) is 10.6 Å². The molecule has 0 saturated heterocycles. The molecule has 0 unspecified atom stereocenters. The molecule has 0 saturated carbocycles. The van der Waals surface area contributed by atoms with Gasteiger partial charge in [0.15, 0.2) is 6.29 Å². The minimum atomic E-state index is -0.327. The van der Waals surface area contributed by atoms with Crippen LogP contribution in [0.1, 0.15) is 13.8 Å². The van der Waals surface area contributed by atoms with Crippen LogP contribution in [0.4, 0.5) is 5.82 Å². The lowest BCUT2D eigenvalue weighted by Crippen LogP contribution is -2.25. The van der Waals surface area contributed by atoms with Gasteiger partial charge in [0.1, 0.15) is 11.5 Å². The summed E-state index contributed by atoms with van der Waals surface area (Å²) in [5, 5.41) is 4.46. The molecule has 0 aliphatic carbocycles. The van der Waals surface area contributed by atoms with Crippen molar-refractivity contribution in [2.75, 3.05) is 18.9 Å². The van der Waals surface area contributed by atoms with Crippen molar-refractivity contribution < 1.29 is 9.47 Å². The van der Waals surface area contributed by atoms with Crippen molar-refractivity contribution in [1.29, 1.82) is 0 Å². The zero-order chi connectivity index (χ0) is 13.7. The van der Waals surface area contributed by atoms with Gasteiger partial charge in [0.05, 0.1) is 16.9 Å². The maximum Gasteiger partial charge on any atom is 0.177 e. The molecule has 0 aliphatic heterocycles. The van der Waals surface area contributed by atoms with Crippen molar-refractivity contribution in [2.24, 2.45) is 0 Å². The van der Waals surface area contributed by atoms with Crippen molar-refractivity contribution in [3.8, 4) is 10.6 Å². The van der Waals surface area contributed by atoms with Gasteiger partial charge in [-0.15, -0.1) is 11.3 Å². The van der Waals surface area contributed by atoms with E-state index in [0.717, 1.165) is 10.6 Å². The van der Waals surface area contributed by atoms with E-state index in [1.165, 1.54) is 11.3 Å². The quantitative estimate of drug-likeness (QED) is 0.786. The number of rotatable bonds is 7. The Labute approximate surface area is 116 Å². The first-order valence-electron chi connectivity index (χ1n) is 6.20. The Balaban J connectivity index is 2.11. The van der Waals surface area contributed by atoms with Crippen molar-refractivity contribution in [1.82, 2.24) is 14.8 Å². The van der Waals surface area contributed by atoms with Gasteiger partial charge < -0.3 is 15.2 Å². The standard InChI is InChI=1S/C12H18N4O2S/c1-3-17-12(18-4-2)7-16-11(13)5-9(15-16)10-6-14-8-19-10/h5-6,8,12H,3-4,7,13H2,1-2H3. The molecule has 0 bridgehead atoms. The molecule has 104 valence electrons. The van der Waals surface area contributed by atoms with Crippen molar-refractivity contribution in [3.05, 3.63) is 17.8 Å². The van der Waals surface area contributed by atoms with E-state index in [1.54, 1.807) is 16.4 Å². The fourth-order valence-corrected chi connectivity index (χ4v) is 2.28. The molecule has 0 aromatic carbocycles. The van der Waals surface area contributed by atoms with Crippen LogP contribution >= 0.6 is 11.3 Å². The molecule has 0 atom stereocenters. The summed E-state index contributed by atoms with van der Waals surface area (Å²) in [7, 11) is 0. The average molecular weight is 282 g/mol. The summed E-state index contributed by atoms with van der Waals surface area (Å²) in [6, 6.07) is 1.84. The third-order valence-corrected chi connectivity index (χ3v) is 3.32. The third-order valence-electron chi connectivity index (χ3n) is 2.52. The number of hydrogen-bond acceptors (Lipinski definition) is 6. The van der Waals surface area contributed by atoms with Crippen molar-refractivity contribution in [3.63, 3.8) is 0 Å². The highest BCUT2D eigenvalue weighted by molar-refractivity contribution is 7.13. The Morgan fingerprint density at radius 2 is 2.11 bits per heavy atom. The number of nitrogen functional groups attached to an aromatic ring is 1. The fraction of sp³-hybridized carbons (Fsp3) is 0.500. The number of anilines is 1. The normalized spacial score (nSPS) is 11.3. The molecule has 2 rings (SSSR count). The highest BCUT2D eigenvalue weighted by atomic mass is 32.1. The molecule has 7 heteroatoms. The van der Waals surface area contributed by atoms with E-state index in [4.69, 9.17) is 15.2 Å². The van der Waals surface area contributed by atoms with E-state index in [-0.39, 0.29) is 6.29 Å². The van der Waals surface area contributed by atoms with Gasteiger partial charge in [-0.3, -0.25) is 4.98 Å². The van der Waals surface area contributed by atoms with E-state index in [2.05, 4.69) is 10.1 Å². The van der Waals surface area contributed by atoms with E-state index in [9.17, 15) is 0 Å². The third kappa shape index (κ3) is 3.52. The van der Waals surface area contributed by atoms with Crippen LogP contribution in [0.2, 0.25) is 0 Å². The minimum absolute atomic E-state index is 0.327.